The summed E-state index contributed by atoms with van der Waals surface area (Å²) in [4.78, 5) is 29.3. The summed E-state index contributed by atoms with van der Waals surface area (Å²) in [5.41, 5.74) is 0. The van der Waals surface area contributed by atoms with Crippen molar-refractivity contribution in [3.8, 4) is 0 Å². The lowest BCUT2D eigenvalue weighted by Gasteiger charge is -2.37. The van der Waals surface area contributed by atoms with Crippen molar-refractivity contribution < 1.29 is 14.0 Å². The van der Waals surface area contributed by atoms with Gasteiger partial charge in [0.15, 0.2) is 0 Å². The number of hydrogen-bond donors (Lipinski definition) is 2. The smallest absolute Gasteiger partial charge is 0.323 e. The van der Waals surface area contributed by atoms with E-state index in [0.717, 1.165) is 6.20 Å². The number of hydrogen-bond acceptors (Lipinski definition) is 3. The fourth-order valence-corrected chi connectivity index (χ4v) is 2.21. The van der Waals surface area contributed by atoms with E-state index >= 15 is 0 Å². The van der Waals surface area contributed by atoms with Crippen LogP contribution in [0.2, 0.25) is 0 Å². The van der Waals surface area contributed by atoms with Crippen LogP contribution in [0.15, 0.2) is 18.3 Å². The highest BCUT2D eigenvalue weighted by molar-refractivity contribution is 5.94. The molecule has 1 aliphatic heterocycles. The number of anilines is 1. The van der Waals surface area contributed by atoms with Crippen LogP contribution in [0.5, 0.6) is 0 Å². The fourth-order valence-electron chi connectivity index (χ4n) is 2.21. The van der Waals surface area contributed by atoms with E-state index in [1.54, 1.807) is 0 Å². The van der Waals surface area contributed by atoms with E-state index in [2.05, 4.69) is 15.6 Å². The number of nitrogens with one attached hydrogen (secondary N) is 2. The van der Waals surface area contributed by atoms with Gasteiger partial charge >= 0.3 is 6.03 Å². The molecule has 1 saturated heterocycles. The van der Waals surface area contributed by atoms with Gasteiger partial charge in [-0.05, 0) is 18.1 Å². The largest absolute Gasteiger partial charge is 0.353 e. The Kier molecular flexibility index (Phi) is 4.16. The van der Waals surface area contributed by atoms with Crippen molar-refractivity contribution in [3.05, 3.63) is 24.1 Å². The zero-order chi connectivity index (χ0) is 14.7. The van der Waals surface area contributed by atoms with Crippen LogP contribution in [0.4, 0.5) is 15.0 Å². The Balaban J connectivity index is 2.10. The number of amides is 3. The molecule has 3 amide bonds. The zero-order valence-corrected chi connectivity index (χ0v) is 11.4. The Morgan fingerprint density at radius 3 is 2.90 bits per heavy atom. The third kappa shape index (κ3) is 3.04. The molecule has 0 unspecified atom stereocenters. The number of urea groups is 1. The summed E-state index contributed by atoms with van der Waals surface area (Å²) in [6.45, 7) is 4.62. The van der Waals surface area contributed by atoms with Gasteiger partial charge in [0, 0.05) is 13.1 Å². The molecule has 1 atom stereocenters. The molecule has 0 aliphatic carbocycles. The Labute approximate surface area is 116 Å². The Hall–Kier alpha value is -2.18. The van der Waals surface area contributed by atoms with Gasteiger partial charge in [-0.15, -0.1) is 0 Å². The summed E-state index contributed by atoms with van der Waals surface area (Å²) in [5, 5.41) is 5.32. The molecule has 1 aliphatic rings. The maximum Gasteiger partial charge on any atom is 0.323 e. The third-order valence-corrected chi connectivity index (χ3v) is 3.11. The molecule has 6 nitrogen and oxygen atoms in total. The highest BCUT2D eigenvalue weighted by Crippen LogP contribution is 2.15. The fraction of sp³-hybridized carbons (Fsp3) is 0.462. The van der Waals surface area contributed by atoms with Gasteiger partial charge in [-0.2, -0.15) is 0 Å². The van der Waals surface area contributed by atoms with Crippen molar-refractivity contribution in [1.82, 2.24) is 15.2 Å². The zero-order valence-electron chi connectivity index (χ0n) is 11.4. The van der Waals surface area contributed by atoms with Crippen LogP contribution in [-0.4, -0.2) is 41.0 Å². The van der Waals surface area contributed by atoms with Crippen LogP contribution < -0.4 is 10.6 Å². The molecule has 0 saturated carbocycles. The standard InChI is InChI=1S/C13H17FN4O2/c1-8(2)11-12(19)15-5-6-18(11)13(20)17-10-4-3-9(14)7-16-10/h3-4,7-8,11H,5-6H2,1-2H3,(H,15,19)(H,16,17,20)/t11-/m1/s1. The van der Waals surface area contributed by atoms with Crippen molar-refractivity contribution in [2.24, 2.45) is 5.92 Å². The predicted octanol–water partition coefficient (Wildman–Crippen LogP) is 1.21. The molecule has 2 rings (SSSR count). The molecule has 20 heavy (non-hydrogen) atoms. The molecule has 0 bridgehead atoms. The minimum atomic E-state index is -0.510. The van der Waals surface area contributed by atoms with E-state index in [9.17, 15) is 14.0 Å². The molecule has 2 N–H and O–H groups in total. The van der Waals surface area contributed by atoms with Crippen molar-refractivity contribution in [3.63, 3.8) is 0 Å². The molecule has 1 fully saturated rings. The lowest BCUT2D eigenvalue weighted by molar-refractivity contribution is -0.129. The van der Waals surface area contributed by atoms with E-state index in [1.165, 1.54) is 17.0 Å². The molecule has 108 valence electrons. The van der Waals surface area contributed by atoms with E-state index in [4.69, 9.17) is 0 Å². The number of halogens is 1. The normalized spacial score (nSPS) is 18.9. The van der Waals surface area contributed by atoms with Gasteiger partial charge in [-0.25, -0.2) is 14.2 Å². The number of nitrogens with zero attached hydrogens (tertiary/aromatic N) is 2. The van der Waals surface area contributed by atoms with Crippen LogP contribution in [0.1, 0.15) is 13.8 Å². The van der Waals surface area contributed by atoms with Gasteiger partial charge in [0.25, 0.3) is 0 Å². The van der Waals surface area contributed by atoms with Gasteiger partial charge in [-0.1, -0.05) is 13.8 Å². The number of piperazine rings is 1. The van der Waals surface area contributed by atoms with Gasteiger partial charge < -0.3 is 10.2 Å². The monoisotopic (exact) mass is 280 g/mol. The SMILES string of the molecule is CC(C)[C@@H]1C(=O)NCCN1C(=O)Nc1ccc(F)cn1. The van der Waals surface area contributed by atoms with Gasteiger partial charge in [0.05, 0.1) is 6.20 Å². The molecule has 7 heteroatoms. The second kappa shape index (κ2) is 5.85. The molecular formula is C13H17FN4O2. The lowest BCUT2D eigenvalue weighted by atomic mass is 10.00. The topological polar surface area (TPSA) is 74.3 Å². The molecule has 2 heterocycles. The van der Waals surface area contributed by atoms with Gasteiger partial charge in [0.2, 0.25) is 5.91 Å². The average Bonchev–Trinajstić information content (AvgIpc) is 2.40. The van der Waals surface area contributed by atoms with Crippen LogP contribution in [-0.2, 0) is 4.79 Å². The summed E-state index contributed by atoms with van der Waals surface area (Å²) in [6, 6.07) is 1.68. The number of carbonyl (C=O) groups is 2. The minimum Gasteiger partial charge on any atom is -0.353 e. The predicted molar refractivity (Wildman–Crippen MR) is 71.6 cm³/mol. The first kappa shape index (κ1) is 14.2. The van der Waals surface area contributed by atoms with Crippen LogP contribution in [0.25, 0.3) is 0 Å². The first-order valence-electron chi connectivity index (χ1n) is 6.46. The molecule has 0 aromatic carbocycles. The number of aromatic nitrogens is 1. The molecule has 0 radical (unpaired) electrons. The minimum absolute atomic E-state index is 0.00206. The Morgan fingerprint density at radius 2 is 2.30 bits per heavy atom. The quantitative estimate of drug-likeness (QED) is 0.855. The summed E-state index contributed by atoms with van der Waals surface area (Å²) in [5.74, 6) is -0.374. The second-order valence-corrected chi connectivity index (χ2v) is 4.97. The van der Waals surface area contributed by atoms with Crippen molar-refractivity contribution in [1.29, 1.82) is 0 Å². The third-order valence-electron chi connectivity index (χ3n) is 3.11. The number of carbonyl (C=O) groups excluding carboxylic acids is 2. The highest BCUT2D eigenvalue weighted by atomic mass is 19.1. The van der Waals surface area contributed by atoms with Crippen molar-refractivity contribution in [2.45, 2.75) is 19.9 Å². The number of pyridine rings is 1. The van der Waals surface area contributed by atoms with E-state index in [1.807, 2.05) is 13.8 Å². The van der Waals surface area contributed by atoms with Crippen molar-refractivity contribution in [2.75, 3.05) is 18.4 Å². The van der Waals surface area contributed by atoms with Crippen molar-refractivity contribution >= 4 is 17.8 Å². The van der Waals surface area contributed by atoms with Crippen LogP contribution in [0, 0.1) is 11.7 Å². The van der Waals surface area contributed by atoms with E-state index < -0.39 is 17.9 Å². The maximum absolute atomic E-state index is 12.8. The highest BCUT2D eigenvalue weighted by Gasteiger charge is 2.35. The molecule has 1 aromatic rings. The lowest BCUT2D eigenvalue weighted by Crippen LogP contribution is -2.60. The Morgan fingerprint density at radius 1 is 1.55 bits per heavy atom. The van der Waals surface area contributed by atoms with Crippen LogP contribution in [0.3, 0.4) is 0 Å². The van der Waals surface area contributed by atoms with E-state index in [-0.39, 0.29) is 17.6 Å². The Bertz CT molecular complexity index is 504. The van der Waals surface area contributed by atoms with Gasteiger partial charge in [0.1, 0.15) is 17.7 Å². The first-order chi connectivity index (χ1) is 9.49. The average molecular weight is 280 g/mol. The van der Waals surface area contributed by atoms with E-state index in [0.29, 0.717) is 13.1 Å². The summed E-state index contributed by atoms with van der Waals surface area (Å²) in [7, 11) is 0. The second-order valence-electron chi connectivity index (χ2n) is 4.97. The summed E-state index contributed by atoms with van der Waals surface area (Å²) >= 11 is 0. The number of rotatable bonds is 2. The molecular weight excluding hydrogens is 263 g/mol. The molecule has 1 aromatic heterocycles. The summed E-state index contributed by atoms with van der Waals surface area (Å²) in [6.07, 6.45) is 1.03. The first-order valence-corrected chi connectivity index (χ1v) is 6.46. The summed E-state index contributed by atoms with van der Waals surface area (Å²) < 4.78 is 12.8. The maximum atomic E-state index is 12.8. The van der Waals surface area contributed by atoms with Crippen LogP contribution >= 0.6 is 0 Å². The molecule has 0 spiro atoms. The van der Waals surface area contributed by atoms with Gasteiger partial charge in [-0.3, -0.25) is 10.1 Å².